The number of carboxylic acids is 1. The van der Waals surface area contributed by atoms with E-state index < -0.39 is 18.2 Å². The lowest BCUT2D eigenvalue weighted by molar-refractivity contribution is 0.0694. The van der Waals surface area contributed by atoms with Crippen molar-refractivity contribution in [2.75, 3.05) is 5.32 Å². The predicted octanol–water partition coefficient (Wildman–Crippen LogP) is 7.51. The molecule has 0 fully saturated rings. The molecule has 0 aliphatic carbocycles. The SMILES string of the molecule is Cc1noc(-c2ccc(-c3ccc(Oc4ccccc4C(=O)O)cn3)cc2)c1NC(=O)O[C@H](C)c1ccccc1. The van der Waals surface area contributed by atoms with Crippen molar-refractivity contribution >= 4 is 17.7 Å². The Morgan fingerprint density at radius 2 is 1.60 bits per heavy atom. The van der Waals surface area contributed by atoms with Gasteiger partial charge in [-0.3, -0.25) is 10.3 Å². The van der Waals surface area contributed by atoms with Gasteiger partial charge in [-0.25, -0.2) is 9.59 Å². The summed E-state index contributed by atoms with van der Waals surface area (Å²) in [5, 5.41) is 16.1. The highest BCUT2D eigenvalue weighted by Crippen LogP contribution is 2.33. The molecular weight excluding hydrogens is 510 g/mol. The Labute approximate surface area is 230 Å². The van der Waals surface area contributed by atoms with Gasteiger partial charge in [0, 0.05) is 11.1 Å². The van der Waals surface area contributed by atoms with Crippen molar-refractivity contribution in [3.05, 3.63) is 114 Å². The Bertz CT molecular complexity index is 1630. The van der Waals surface area contributed by atoms with Crippen LogP contribution in [0.3, 0.4) is 0 Å². The van der Waals surface area contributed by atoms with Crippen molar-refractivity contribution in [2.45, 2.75) is 20.0 Å². The summed E-state index contributed by atoms with van der Waals surface area (Å²) >= 11 is 0. The molecule has 0 bridgehead atoms. The van der Waals surface area contributed by atoms with Crippen molar-refractivity contribution in [2.24, 2.45) is 0 Å². The number of benzene rings is 3. The number of carbonyl (C=O) groups excluding carboxylic acids is 1. The van der Waals surface area contributed by atoms with Gasteiger partial charge in [0.05, 0.1) is 11.9 Å². The molecule has 0 saturated carbocycles. The lowest BCUT2D eigenvalue weighted by Crippen LogP contribution is -2.16. The molecule has 0 spiro atoms. The van der Waals surface area contributed by atoms with Crippen LogP contribution in [0.5, 0.6) is 11.5 Å². The first-order valence-electron chi connectivity index (χ1n) is 12.4. The molecule has 0 aliphatic rings. The highest BCUT2D eigenvalue weighted by atomic mass is 16.6. The summed E-state index contributed by atoms with van der Waals surface area (Å²) in [6.45, 7) is 3.54. The minimum absolute atomic E-state index is 0.0673. The van der Waals surface area contributed by atoms with Gasteiger partial charge >= 0.3 is 12.1 Å². The molecule has 9 heteroatoms. The number of nitrogens with one attached hydrogen (secondary N) is 1. The zero-order valence-electron chi connectivity index (χ0n) is 21.7. The molecule has 0 saturated heterocycles. The molecule has 0 unspecified atom stereocenters. The largest absolute Gasteiger partial charge is 0.478 e. The van der Waals surface area contributed by atoms with Gasteiger partial charge in [0.1, 0.15) is 34.5 Å². The van der Waals surface area contributed by atoms with Gasteiger partial charge in [0.25, 0.3) is 0 Å². The number of rotatable bonds is 8. The van der Waals surface area contributed by atoms with E-state index in [9.17, 15) is 14.7 Å². The molecule has 1 amide bonds. The Kier molecular flexibility index (Phi) is 7.54. The summed E-state index contributed by atoms with van der Waals surface area (Å²) in [5.74, 6) is -0.0177. The second-order valence-corrected chi connectivity index (χ2v) is 8.92. The molecule has 9 nitrogen and oxygen atoms in total. The van der Waals surface area contributed by atoms with Gasteiger partial charge < -0.3 is 19.1 Å². The van der Waals surface area contributed by atoms with Crippen molar-refractivity contribution < 1.29 is 28.7 Å². The number of nitrogens with zero attached hydrogens (tertiary/aromatic N) is 2. The van der Waals surface area contributed by atoms with Crippen LogP contribution in [0.2, 0.25) is 0 Å². The molecule has 0 radical (unpaired) electrons. The molecule has 2 aromatic heterocycles. The number of hydrogen-bond acceptors (Lipinski definition) is 7. The number of pyridine rings is 1. The van der Waals surface area contributed by atoms with Gasteiger partial charge in [0.2, 0.25) is 0 Å². The third kappa shape index (κ3) is 5.83. The summed E-state index contributed by atoms with van der Waals surface area (Å²) in [4.78, 5) is 28.5. The summed E-state index contributed by atoms with van der Waals surface area (Å²) < 4.78 is 16.8. The first kappa shape index (κ1) is 26.2. The monoisotopic (exact) mass is 535 g/mol. The molecule has 0 aliphatic heterocycles. The Morgan fingerprint density at radius 1 is 0.900 bits per heavy atom. The van der Waals surface area contributed by atoms with Crippen LogP contribution in [0.15, 0.2) is 102 Å². The third-order valence-corrected chi connectivity index (χ3v) is 6.17. The van der Waals surface area contributed by atoms with E-state index in [0.717, 1.165) is 11.1 Å². The van der Waals surface area contributed by atoms with E-state index in [-0.39, 0.29) is 11.3 Å². The van der Waals surface area contributed by atoms with E-state index >= 15 is 0 Å². The Hall–Kier alpha value is -5.44. The van der Waals surface area contributed by atoms with E-state index in [0.29, 0.717) is 34.1 Å². The second-order valence-electron chi connectivity index (χ2n) is 8.92. The standard InChI is InChI=1S/C31H25N3O6/c1-19-28(33-31(37)38-20(2)21-8-4-3-5-9-21)29(40-34-19)23-14-12-22(13-15-23)26-17-16-24(18-32-26)39-27-11-7-6-10-25(27)30(35)36/h3-18,20H,1-2H3,(H,33,37)(H,35,36)/t20-/m1/s1. The highest BCUT2D eigenvalue weighted by Gasteiger charge is 2.20. The molecule has 2 heterocycles. The van der Waals surface area contributed by atoms with Gasteiger partial charge in [-0.15, -0.1) is 0 Å². The van der Waals surface area contributed by atoms with Crippen LogP contribution in [0.25, 0.3) is 22.6 Å². The van der Waals surface area contributed by atoms with E-state index in [2.05, 4.69) is 15.5 Å². The number of aromatic nitrogens is 2. The molecule has 1 atom stereocenters. The van der Waals surface area contributed by atoms with Gasteiger partial charge in [0.15, 0.2) is 5.76 Å². The van der Waals surface area contributed by atoms with Crippen LogP contribution >= 0.6 is 0 Å². The average Bonchev–Trinajstić information content (AvgIpc) is 3.33. The van der Waals surface area contributed by atoms with Crippen molar-refractivity contribution in [1.82, 2.24) is 10.1 Å². The molecule has 5 rings (SSSR count). The number of hydrogen-bond donors (Lipinski definition) is 2. The molecule has 40 heavy (non-hydrogen) atoms. The van der Waals surface area contributed by atoms with Crippen molar-refractivity contribution in [3.8, 4) is 34.1 Å². The minimum Gasteiger partial charge on any atom is -0.478 e. The van der Waals surface area contributed by atoms with E-state index in [4.69, 9.17) is 14.0 Å². The lowest BCUT2D eigenvalue weighted by Gasteiger charge is -2.14. The highest BCUT2D eigenvalue weighted by molar-refractivity contribution is 5.91. The maximum atomic E-state index is 12.6. The number of carbonyl (C=O) groups is 2. The number of para-hydroxylation sites is 1. The Balaban J connectivity index is 1.28. The molecule has 5 aromatic rings. The smallest absolute Gasteiger partial charge is 0.412 e. The van der Waals surface area contributed by atoms with Gasteiger partial charge in [-0.1, -0.05) is 71.9 Å². The molecule has 200 valence electrons. The summed E-state index contributed by atoms with van der Waals surface area (Å²) in [5.41, 5.74) is 4.14. The number of aryl methyl sites for hydroxylation is 1. The summed E-state index contributed by atoms with van der Waals surface area (Å²) in [7, 11) is 0. The molecule has 3 aromatic carbocycles. The van der Waals surface area contributed by atoms with Crippen LogP contribution in [-0.2, 0) is 4.74 Å². The fourth-order valence-corrected chi connectivity index (χ4v) is 4.06. The number of aromatic carboxylic acids is 1. The van der Waals surface area contributed by atoms with Crippen LogP contribution in [-0.4, -0.2) is 27.3 Å². The fourth-order valence-electron chi connectivity index (χ4n) is 4.06. The van der Waals surface area contributed by atoms with Crippen LogP contribution in [0.1, 0.15) is 34.6 Å². The van der Waals surface area contributed by atoms with Crippen LogP contribution in [0.4, 0.5) is 10.5 Å². The summed E-state index contributed by atoms with van der Waals surface area (Å²) in [6.07, 6.45) is 0.490. The third-order valence-electron chi connectivity index (χ3n) is 6.17. The van der Waals surface area contributed by atoms with Crippen molar-refractivity contribution in [3.63, 3.8) is 0 Å². The quantitative estimate of drug-likeness (QED) is 0.209. The number of amides is 1. The topological polar surface area (TPSA) is 124 Å². The predicted molar refractivity (Wildman–Crippen MR) is 148 cm³/mol. The first-order chi connectivity index (χ1) is 19.4. The second kappa shape index (κ2) is 11.5. The Morgan fingerprint density at radius 3 is 2.30 bits per heavy atom. The number of anilines is 1. The molecule has 2 N–H and O–H groups in total. The average molecular weight is 536 g/mol. The summed E-state index contributed by atoms with van der Waals surface area (Å²) in [6, 6.07) is 26.8. The normalized spacial score (nSPS) is 11.4. The van der Waals surface area contributed by atoms with Crippen LogP contribution < -0.4 is 10.1 Å². The maximum absolute atomic E-state index is 12.6. The number of ether oxygens (including phenoxy) is 2. The lowest BCUT2D eigenvalue weighted by atomic mass is 10.1. The van der Waals surface area contributed by atoms with Crippen LogP contribution in [0, 0.1) is 6.92 Å². The van der Waals surface area contributed by atoms with E-state index in [1.807, 2.05) is 54.6 Å². The first-order valence-corrected chi connectivity index (χ1v) is 12.4. The fraction of sp³-hybridized carbons (Fsp3) is 0.0968. The molecular formula is C31H25N3O6. The zero-order valence-corrected chi connectivity index (χ0v) is 21.7. The van der Waals surface area contributed by atoms with Gasteiger partial charge in [-0.05, 0) is 43.7 Å². The minimum atomic E-state index is -1.07. The number of carboxylic acid groups (broad SMARTS) is 1. The van der Waals surface area contributed by atoms with Gasteiger partial charge in [-0.2, -0.15) is 0 Å². The zero-order chi connectivity index (χ0) is 28.1. The van der Waals surface area contributed by atoms with Crippen molar-refractivity contribution in [1.29, 1.82) is 0 Å². The van der Waals surface area contributed by atoms with E-state index in [1.54, 1.807) is 44.2 Å². The maximum Gasteiger partial charge on any atom is 0.412 e. The van der Waals surface area contributed by atoms with E-state index in [1.165, 1.54) is 12.3 Å².